The minimum atomic E-state index is 0.0774. The minimum absolute atomic E-state index is 0.0774. The van der Waals surface area contributed by atoms with E-state index >= 15 is 0 Å². The van der Waals surface area contributed by atoms with E-state index in [-0.39, 0.29) is 6.61 Å². The first kappa shape index (κ1) is 12.1. The molecule has 0 radical (unpaired) electrons. The fourth-order valence-corrected chi connectivity index (χ4v) is 1.25. The number of hydrogen-bond donors (Lipinski definition) is 1. The average Bonchev–Trinajstić information content (AvgIpc) is 2.33. The van der Waals surface area contributed by atoms with E-state index in [4.69, 9.17) is 16.4 Å². The maximum Gasteiger partial charge on any atom is 0.174 e. The second-order valence-corrected chi connectivity index (χ2v) is 3.23. The maximum atomic E-state index is 8.39. The molecule has 1 aromatic rings. The van der Waals surface area contributed by atoms with E-state index in [2.05, 4.69) is 11.2 Å². The highest BCUT2D eigenvalue weighted by atomic mass is 16.5. The monoisotopic (exact) mass is 214 g/mol. The molecule has 1 rings (SSSR count). The van der Waals surface area contributed by atoms with Crippen molar-refractivity contribution in [2.75, 3.05) is 13.2 Å². The molecule has 0 aliphatic heterocycles. The topological polar surface area (TPSA) is 45.0 Å². The first-order valence-electron chi connectivity index (χ1n) is 5.09. The van der Waals surface area contributed by atoms with Gasteiger partial charge in [-0.3, -0.25) is 0 Å². The van der Waals surface area contributed by atoms with Crippen molar-refractivity contribution in [3.05, 3.63) is 29.8 Å². The number of hydrogen-bond acceptors (Lipinski definition) is 3. The van der Waals surface area contributed by atoms with Crippen molar-refractivity contribution in [1.82, 2.24) is 5.32 Å². The van der Waals surface area contributed by atoms with Crippen LogP contribution in [0.3, 0.4) is 0 Å². The molecule has 0 unspecified atom stereocenters. The summed E-state index contributed by atoms with van der Waals surface area (Å²) in [5, 5.41) is 11.6. The van der Waals surface area contributed by atoms with E-state index in [0.29, 0.717) is 0 Å². The molecule has 0 amide bonds. The van der Waals surface area contributed by atoms with Gasteiger partial charge in [-0.15, -0.1) is 12.3 Å². The van der Waals surface area contributed by atoms with Crippen molar-refractivity contribution in [3.8, 4) is 24.2 Å². The second kappa shape index (κ2) is 7.34. The highest BCUT2D eigenvalue weighted by molar-refractivity contribution is 5.28. The van der Waals surface area contributed by atoms with Crippen molar-refractivity contribution in [2.45, 2.75) is 13.0 Å². The van der Waals surface area contributed by atoms with Crippen molar-refractivity contribution < 1.29 is 4.74 Å². The summed E-state index contributed by atoms with van der Waals surface area (Å²) >= 11 is 0. The number of terminal acetylenes is 1. The van der Waals surface area contributed by atoms with Gasteiger partial charge in [0, 0.05) is 19.5 Å². The van der Waals surface area contributed by atoms with E-state index in [1.165, 1.54) is 0 Å². The van der Waals surface area contributed by atoms with Gasteiger partial charge in [0.05, 0.1) is 0 Å². The maximum absolute atomic E-state index is 8.39. The van der Waals surface area contributed by atoms with E-state index in [1.807, 2.05) is 30.3 Å². The minimum Gasteiger partial charge on any atom is -0.479 e. The molecule has 0 atom stereocenters. The molecule has 3 nitrogen and oxygen atoms in total. The molecule has 0 saturated heterocycles. The zero-order valence-electron chi connectivity index (χ0n) is 9.07. The lowest BCUT2D eigenvalue weighted by Gasteiger charge is -2.05. The molecule has 0 aromatic heterocycles. The number of nitrogens with one attached hydrogen (secondary N) is 1. The molecule has 0 fully saturated rings. The molecule has 0 saturated carbocycles. The predicted molar refractivity (Wildman–Crippen MR) is 62.7 cm³/mol. The van der Waals surface area contributed by atoms with Gasteiger partial charge in [-0.25, -0.2) is 0 Å². The summed E-state index contributed by atoms with van der Waals surface area (Å²) in [6, 6.07) is 9.60. The summed E-state index contributed by atoms with van der Waals surface area (Å²) in [6.45, 7) is 1.64. The van der Waals surface area contributed by atoms with Crippen LogP contribution in [-0.4, -0.2) is 13.2 Å². The Kier molecular flexibility index (Phi) is 5.55. The number of nitrogens with zero attached hydrogens (tertiary/aromatic N) is 1. The third-order valence-corrected chi connectivity index (χ3v) is 1.98. The number of benzene rings is 1. The quantitative estimate of drug-likeness (QED) is 0.579. The summed E-state index contributed by atoms with van der Waals surface area (Å²) in [6.07, 6.45) is 5.87. The number of nitriles is 1. The van der Waals surface area contributed by atoms with E-state index in [9.17, 15) is 0 Å². The van der Waals surface area contributed by atoms with Crippen LogP contribution in [0.15, 0.2) is 24.3 Å². The zero-order chi connectivity index (χ0) is 11.6. The second-order valence-electron chi connectivity index (χ2n) is 3.23. The van der Waals surface area contributed by atoms with Crippen molar-refractivity contribution in [1.29, 1.82) is 5.26 Å². The van der Waals surface area contributed by atoms with E-state index in [1.54, 1.807) is 0 Å². The Morgan fingerprint density at radius 3 is 3.06 bits per heavy atom. The molecular weight excluding hydrogens is 200 g/mol. The van der Waals surface area contributed by atoms with E-state index in [0.717, 1.165) is 30.8 Å². The van der Waals surface area contributed by atoms with Crippen LogP contribution in [0.4, 0.5) is 0 Å². The summed E-state index contributed by atoms with van der Waals surface area (Å²) in [7, 11) is 0. The van der Waals surface area contributed by atoms with E-state index < -0.39 is 0 Å². The van der Waals surface area contributed by atoms with Gasteiger partial charge < -0.3 is 10.1 Å². The van der Waals surface area contributed by atoms with Gasteiger partial charge >= 0.3 is 0 Å². The molecule has 16 heavy (non-hydrogen) atoms. The Morgan fingerprint density at radius 1 is 1.44 bits per heavy atom. The molecule has 0 heterocycles. The fraction of sp³-hybridized carbons (Fsp3) is 0.308. The van der Waals surface area contributed by atoms with Crippen molar-refractivity contribution >= 4 is 0 Å². The first-order chi connectivity index (χ1) is 7.86. The summed E-state index contributed by atoms with van der Waals surface area (Å²) in [5.74, 6) is 3.29. The van der Waals surface area contributed by atoms with Crippen LogP contribution >= 0.6 is 0 Å². The molecular formula is C13H14N2O. The molecule has 1 aromatic carbocycles. The Balaban J connectivity index is 2.42. The molecule has 0 bridgehead atoms. The van der Waals surface area contributed by atoms with Gasteiger partial charge in [-0.1, -0.05) is 12.1 Å². The lowest BCUT2D eigenvalue weighted by Crippen LogP contribution is -2.14. The van der Waals surface area contributed by atoms with Gasteiger partial charge in [0.15, 0.2) is 6.61 Å². The van der Waals surface area contributed by atoms with Gasteiger partial charge in [-0.2, -0.15) is 5.26 Å². The molecule has 0 spiro atoms. The molecule has 0 aliphatic carbocycles. The Labute approximate surface area is 96.0 Å². The fourth-order valence-electron chi connectivity index (χ4n) is 1.25. The Bertz CT molecular complexity index is 401. The number of rotatable bonds is 6. The normalized spacial score (nSPS) is 9.12. The van der Waals surface area contributed by atoms with Crippen LogP contribution in [0.5, 0.6) is 5.75 Å². The van der Waals surface area contributed by atoms with Crippen LogP contribution in [0.1, 0.15) is 12.0 Å². The number of ether oxygens (including phenoxy) is 1. The molecule has 82 valence electrons. The lowest BCUT2D eigenvalue weighted by molar-refractivity contribution is 0.367. The van der Waals surface area contributed by atoms with Crippen LogP contribution in [0.25, 0.3) is 0 Å². The van der Waals surface area contributed by atoms with Gasteiger partial charge in [0.2, 0.25) is 0 Å². The molecule has 0 aliphatic rings. The Hall–Kier alpha value is -1.97. The van der Waals surface area contributed by atoms with Crippen LogP contribution in [0.2, 0.25) is 0 Å². The molecule has 1 N–H and O–H groups in total. The molecule has 3 heteroatoms. The van der Waals surface area contributed by atoms with Gasteiger partial charge in [0.1, 0.15) is 11.8 Å². The highest BCUT2D eigenvalue weighted by Crippen LogP contribution is 2.12. The SMILES string of the molecule is C#CCCNCc1cccc(OCC#N)c1. The third kappa shape index (κ3) is 4.50. The van der Waals surface area contributed by atoms with Crippen molar-refractivity contribution in [3.63, 3.8) is 0 Å². The van der Waals surface area contributed by atoms with Crippen LogP contribution < -0.4 is 10.1 Å². The first-order valence-corrected chi connectivity index (χ1v) is 5.09. The third-order valence-electron chi connectivity index (χ3n) is 1.98. The Morgan fingerprint density at radius 2 is 2.31 bits per heavy atom. The van der Waals surface area contributed by atoms with Crippen LogP contribution in [0, 0.1) is 23.7 Å². The lowest BCUT2D eigenvalue weighted by atomic mass is 10.2. The van der Waals surface area contributed by atoms with Crippen molar-refractivity contribution in [2.24, 2.45) is 0 Å². The standard InChI is InChI=1S/C13H14N2O/c1-2-3-8-15-11-12-5-4-6-13(10-12)16-9-7-14/h1,4-6,10,15H,3,8-9,11H2. The summed E-state index contributed by atoms with van der Waals surface area (Å²) < 4.78 is 5.20. The summed E-state index contributed by atoms with van der Waals surface area (Å²) in [5.41, 5.74) is 1.12. The largest absolute Gasteiger partial charge is 0.479 e. The predicted octanol–water partition coefficient (Wildman–Crippen LogP) is 1.70. The van der Waals surface area contributed by atoms with Crippen LogP contribution in [-0.2, 0) is 6.54 Å². The van der Waals surface area contributed by atoms with Gasteiger partial charge in [0.25, 0.3) is 0 Å². The smallest absolute Gasteiger partial charge is 0.174 e. The summed E-state index contributed by atoms with van der Waals surface area (Å²) in [4.78, 5) is 0. The average molecular weight is 214 g/mol. The zero-order valence-corrected chi connectivity index (χ0v) is 9.07. The highest BCUT2D eigenvalue weighted by Gasteiger charge is 1.96. The van der Waals surface area contributed by atoms with Gasteiger partial charge in [-0.05, 0) is 17.7 Å².